The van der Waals surface area contributed by atoms with Gasteiger partial charge in [0, 0.05) is 6.42 Å². The average molecular weight is 296 g/mol. The van der Waals surface area contributed by atoms with Crippen LogP contribution in [0.25, 0.3) is 0 Å². The summed E-state index contributed by atoms with van der Waals surface area (Å²) in [5.41, 5.74) is 0.937. The maximum atomic E-state index is 12.1. The molecule has 0 saturated carbocycles. The number of esters is 1. The molecule has 1 rings (SSSR count). The minimum absolute atomic E-state index is 0.157. The number of rotatable bonds is 6. The zero-order valence-electron chi connectivity index (χ0n) is 12.8. The van der Waals surface area contributed by atoms with Gasteiger partial charge in [0.15, 0.2) is 8.32 Å². The van der Waals surface area contributed by atoms with Crippen molar-refractivity contribution in [2.75, 3.05) is 0 Å². The van der Waals surface area contributed by atoms with Crippen LogP contribution >= 0.6 is 0 Å². The summed E-state index contributed by atoms with van der Waals surface area (Å²) < 4.78 is 11.2. The highest BCUT2D eigenvalue weighted by Gasteiger charge is 2.28. The molecule has 112 valence electrons. The van der Waals surface area contributed by atoms with Crippen molar-refractivity contribution in [3.05, 3.63) is 29.8 Å². The number of aromatic hydroxyl groups is 1. The van der Waals surface area contributed by atoms with Crippen LogP contribution < -0.4 is 0 Å². The van der Waals surface area contributed by atoms with Crippen molar-refractivity contribution in [2.45, 2.75) is 52.1 Å². The summed E-state index contributed by atoms with van der Waals surface area (Å²) in [6.45, 7) is 9.77. The number of carbonyl (C=O) groups excluding carboxylic acids is 1. The predicted octanol–water partition coefficient (Wildman–Crippen LogP) is 3.11. The molecule has 1 N–H and O–H groups in total. The highest BCUT2D eigenvalue weighted by Crippen LogP contribution is 2.17. The highest BCUT2D eigenvalue weighted by molar-refractivity contribution is 6.69. The number of benzene rings is 1. The summed E-state index contributed by atoms with van der Waals surface area (Å²) in [5.74, 6) is -0.114. The second-order valence-corrected chi connectivity index (χ2v) is 10.5. The van der Waals surface area contributed by atoms with Gasteiger partial charge in [0.1, 0.15) is 11.9 Å². The molecule has 5 heteroatoms. The molecule has 0 aliphatic carbocycles. The van der Waals surface area contributed by atoms with Gasteiger partial charge in [-0.15, -0.1) is 0 Å². The van der Waals surface area contributed by atoms with Gasteiger partial charge in [0.25, 0.3) is 0 Å². The van der Waals surface area contributed by atoms with Crippen LogP contribution in [0.15, 0.2) is 24.3 Å². The molecule has 0 heterocycles. The second-order valence-electron chi connectivity index (χ2n) is 6.08. The molecule has 0 radical (unpaired) electrons. The van der Waals surface area contributed by atoms with Gasteiger partial charge >= 0.3 is 5.97 Å². The fourth-order valence-corrected chi connectivity index (χ4v) is 2.79. The predicted molar refractivity (Wildman–Crippen MR) is 81.3 cm³/mol. The zero-order chi connectivity index (χ0) is 15.3. The van der Waals surface area contributed by atoms with Gasteiger partial charge in [-0.05, 0) is 51.2 Å². The Morgan fingerprint density at radius 1 is 1.20 bits per heavy atom. The lowest BCUT2D eigenvalue weighted by atomic mass is 10.1. The molecule has 0 aliphatic heterocycles. The molecule has 0 saturated heterocycles. The Hall–Kier alpha value is -1.33. The van der Waals surface area contributed by atoms with E-state index in [1.807, 2.05) is 33.5 Å². The van der Waals surface area contributed by atoms with Crippen LogP contribution in [0.3, 0.4) is 0 Å². The lowest BCUT2D eigenvalue weighted by Gasteiger charge is -2.26. The first-order chi connectivity index (χ1) is 9.17. The molecule has 1 aromatic carbocycles. The van der Waals surface area contributed by atoms with Gasteiger partial charge in [0.2, 0.25) is 0 Å². The number of hydrogen-bond acceptors (Lipinski definition) is 4. The second kappa shape index (κ2) is 6.90. The first-order valence-corrected chi connectivity index (χ1v) is 10.2. The minimum Gasteiger partial charge on any atom is -0.508 e. The molecule has 0 amide bonds. The lowest BCUT2D eigenvalue weighted by molar-refractivity contribution is -0.156. The number of phenols is 1. The lowest BCUT2D eigenvalue weighted by Crippen LogP contribution is -2.39. The maximum Gasteiger partial charge on any atom is 0.334 e. The van der Waals surface area contributed by atoms with Crippen LogP contribution in [0, 0.1) is 0 Å². The molecule has 0 spiro atoms. The van der Waals surface area contributed by atoms with Crippen molar-refractivity contribution in [1.29, 1.82) is 0 Å². The molecule has 0 bridgehead atoms. The fraction of sp³-hybridized carbons (Fsp3) is 0.533. The number of phenolic OH excluding ortho intramolecular Hbond substituents is 1. The van der Waals surface area contributed by atoms with Gasteiger partial charge in [-0.3, -0.25) is 0 Å². The molecule has 4 nitrogen and oxygen atoms in total. The zero-order valence-corrected chi connectivity index (χ0v) is 13.8. The van der Waals surface area contributed by atoms with Crippen LogP contribution in [0.1, 0.15) is 19.4 Å². The summed E-state index contributed by atoms with van der Waals surface area (Å²) in [7, 11) is -1.85. The maximum absolute atomic E-state index is 12.1. The quantitative estimate of drug-likeness (QED) is 0.647. The van der Waals surface area contributed by atoms with Crippen molar-refractivity contribution in [3.8, 4) is 5.75 Å². The summed E-state index contributed by atoms with van der Waals surface area (Å²) in [6.07, 6.45) is -0.292. The third kappa shape index (κ3) is 6.21. The van der Waals surface area contributed by atoms with Crippen LogP contribution in [0.2, 0.25) is 19.6 Å². The first-order valence-electron chi connectivity index (χ1n) is 6.83. The molecule has 0 aromatic heterocycles. The summed E-state index contributed by atoms with van der Waals surface area (Å²) in [5, 5.41) is 9.29. The van der Waals surface area contributed by atoms with Gasteiger partial charge in [-0.1, -0.05) is 12.1 Å². The molecular formula is C15H24O4Si. The Balaban J connectivity index is 2.81. The van der Waals surface area contributed by atoms with E-state index >= 15 is 0 Å². The van der Waals surface area contributed by atoms with Crippen molar-refractivity contribution in [2.24, 2.45) is 0 Å². The Morgan fingerprint density at radius 2 is 1.75 bits per heavy atom. The van der Waals surface area contributed by atoms with E-state index in [1.54, 1.807) is 24.3 Å². The largest absolute Gasteiger partial charge is 0.508 e. The highest BCUT2D eigenvalue weighted by atomic mass is 28.4. The van der Waals surface area contributed by atoms with Crippen LogP contribution in [0.5, 0.6) is 5.75 Å². The monoisotopic (exact) mass is 296 g/mol. The Morgan fingerprint density at radius 3 is 2.20 bits per heavy atom. The molecule has 1 unspecified atom stereocenters. The smallest absolute Gasteiger partial charge is 0.334 e. The average Bonchev–Trinajstić information content (AvgIpc) is 2.28. The third-order valence-corrected chi connectivity index (χ3v) is 3.46. The number of ether oxygens (including phenoxy) is 1. The standard InChI is InChI=1S/C15H24O4Si/c1-11(2)18-15(17)14(19-20(3,4)5)10-12-6-8-13(16)9-7-12/h6-9,11,14,16H,10H2,1-5H3. The van der Waals surface area contributed by atoms with Crippen molar-refractivity contribution >= 4 is 14.3 Å². The van der Waals surface area contributed by atoms with Gasteiger partial charge in [-0.2, -0.15) is 0 Å². The van der Waals surface area contributed by atoms with Gasteiger partial charge in [-0.25, -0.2) is 4.79 Å². The Kier molecular flexibility index (Phi) is 5.77. The SMILES string of the molecule is CC(C)OC(=O)C(Cc1ccc(O)cc1)O[Si](C)(C)C. The molecule has 0 aliphatic rings. The molecule has 1 aromatic rings. The van der Waals surface area contributed by atoms with E-state index in [1.165, 1.54) is 0 Å². The molecule has 1 atom stereocenters. The first kappa shape index (κ1) is 16.7. The van der Waals surface area contributed by atoms with Gasteiger partial charge in [0.05, 0.1) is 6.10 Å². The number of carbonyl (C=O) groups is 1. The van der Waals surface area contributed by atoms with E-state index in [-0.39, 0.29) is 17.8 Å². The van der Waals surface area contributed by atoms with E-state index in [4.69, 9.17) is 9.16 Å². The summed E-state index contributed by atoms with van der Waals surface area (Å²) in [6, 6.07) is 6.79. The molecular weight excluding hydrogens is 272 g/mol. The van der Waals surface area contributed by atoms with Crippen LogP contribution in [-0.2, 0) is 20.4 Å². The number of hydrogen-bond donors (Lipinski definition) is 1. The fourth-order valence-electron chi connectivity index (χ4n) is 1.75. The van der Waals surface area contributed by atoms with E-state index in [2.05, 4.69) is 0 Å². The van der Waals surface area contributed by atoms with E-state index in [0.717, 1.165) is 5.56 Å². The van der Waals surface area contributed by atoms with Crippen molar-refractivity contribution < 1.29 is 19.1 Å². The Bertz CT molecular complexity index is 434. The van der Waals surface area contributed by atoms with E-state index in [0.29, 0.717) is 6.42 Å². The van der Waals surface area contributed by atoms with E-state index < -0.39 is 14.4 Å². The molecule has 20 heavy (non-hydrogen) atoms. The van der Waals surface area contributed by atoms with Gasteiger partial charge < -0.3 is 14.3 Å². The molecule has 0 fully saturated rings. The van der Waals surface area contributed by atoms with Crippen LogP contribution in [0.4, 0.5) is 0 Å². The van der Waals surface area contributed by atoms with Crippen LogP contribution in [-0.4, -0.2) is 31.6 Å². The summed E-state index contributed by atoms with van der Waals surface area (Å²) in [4.78, 5) is 12.1. The van der Waals surface area contributed by atoms with Crippen molar-refractivity contribution in [1.82, 2.24) is 0 Å². The minimum atomic E-state index is -1.85. The van der Waals surface area contributed by atoms with E-state index in [9.17, 15) is 9.90 Å². The Labute approximate surface area is 121 Å². The normalized spacial score (nSPS) is 13.3. The van der Waals surface area contributed by atoms with Crippen molar-refractivity contribution in [3.63, 3.8) is 0 Å². The summed E-state index contributed by atoms with van der Waals surface area (Å²) >= 11 is 0. The topological polar surface area (TPSA) is 55.8 Å². The third-order valence-electron chi connectivity index (χ3n) is 2.47.